The minimum Gasteiger partial charge on any atom is -0.368 e. The molecule has 1 aromatic heterocycles. The molecule has 0 aliphatic rings. The number of aromatic nitrogens is 2. The van der Waals surface area contributed by atoms with Crippen molar-refractivity contribution in [3.8, 4) is 0 Å². The fourth-order valence-electron chi connectivity index (χ4n) is 2.01. The first-order valence-corrected chi connectivity index (χ1v) is 6.76. The normalized spacial score (nSPS) is 10.7. The van der Waals surface area contributed by atoms with Gasteiger partial charge in [0.25, 0.3) is 0 Å². The van der Waals surface area contributed by atoms with E-state index in [4.69, 9.17) is 11.6 Å². The topological polar surface area (TPSA) is 110 Å². The van der Waals surface area contributed by atoms with Crippen molar-refractivity contribution in [1.82, 2.24) is 9.97 Å². The molecule has 0 spiro atoms. The molecule has 0 aliphatic carbocycles. The van der Waals surface area contributed by atoms with Gasteiger partial charge in [0.15, 0.2) is 0 Å². The van der Waals surface area contributed by atoms with Crippen molar-refractivity contribution in [3.63, 3.8) is 0 Å². The number of anilines is 2. The molecule has 20 heavy (non-hydrogen) atoms. The van der Waals surface area contributed by atoms with Gasteiger partial charge in [-0.05, 0) is 12.8 Å². The van der Waals surface area contributed by atoms with Crippen LogP contribution in [0.5, 0.6) is 0 Å². The Morgan fingerprint density at radius 3 is 2.50 bits per heavy atom. The summed E-state index contributed by atoms with van der Waals surface area (Å²) in [6.45, 7) is 8.81. The van der Waals surface area contributed by atoms with Gasteiger partial charge in [-0.2, -0.15) is 0 Å². The smallest absolute Gasteiger partial charge is 0.236 e. The molecule has 7 nitrogen and oxygen atoms in total. The zero-order valence-electron chi connectivity index (χ0n) is 12.6. The van der Waals surface area contributed by atoms with Crippen molar-refractivity contribution in [2.75, 3.05) is 23.4 Å². The average molecular weight is 280 g/mol. The summed E-state index contributed by atoms with van der Waals surface area (Å²) in [5.41, 5.74) is 8.72. The molecule has 0 atom stereocenters. The van der Waals surface area contributed by atoms with Gasteiger partial charge in [-0.3, -0.25) is 4.79 Å². The molecular weight excluding hydrogens is 256 g/mol. The Kier molecular flexibility index (Phi) is 5.69. The molecule has 0 unspecified atom stereocenters. The number of nitrogens with one attached hydrogen (secondary N) is 1. The van der Waals surface area contributed by atoms with Crippen molar-refractivity contribution >= 4 is 17.5 Å². The maximum Gasteiger partial charge on any atom is 0.236 e. The van der Waals surface area contributed by atoms with E-state index in [1.54, 1.807) is 0 Å². The molecule has 7 heteroatoms. The Bertz CT molecular complexity index is 474. The summed E-state index contributed by atoms with van der Waals surface area (Å²) >= 11 is 0. The summed E-state index contributed by atoms with van der Waals surface area (Å²) in [5.74, 6) is 7.45. The van der Waals surface area contributed by atoms with Crippen molar-refractivity contribution < 1.29 is 4.79 Å². The van der Waals surface area contributed by atoms with Gasteiger partial charge in [0.1, 0.15) is 17.5 Å². The fourth-order valence-corrected chi connectivity index (χ4v) is 2.01. The first-order chi connectivity index (χ1) is 9.38. The van der Waals surface area contributed by atoms with Crippen LogP contribution in [0.25, 0.3) is 0 Å². The quantitative estimate of drug-likeness (QED) is 0.498. The lowest BCUT2D eigenvalue weighted by Gasteiger charge is -2.26. The van der Waals surface area contributed by atoms with E-state index in [1.807, 2.05) is 18.7 Å². The number of rotatable bonds is 7. The predicted molar refractivity (Wildman–Crippen MR) is 80.2 cm³/mol. The standard InChI is InChI=1S/C13H24N6O/c1-5-11-16-12(18-15)9(4)13(17-11)19(6-8(2)3)7-10(14)20/h8H,5-7,15H2,1-4H3,(H2,14,20)(H,16,17,18). The first kappa shape index (κ1) is 16.2. The van der Waals surface area contributed by atoms with Crippen LogP contribution >= 0.6 is 0 Å². The third-order valence-corrected chi connectivity index (χ3v) is 2.85. The van der Waals surface area contributed by atoms with Crippen molar-refractivity contribution in [2.45, 2.75) is 34.1 Å². The monoisotopic (exact) mass is 280 g/mol. The van der Waals surface area contributed by atoms with E-state index in [0.717, 1.165) is 5.56 Å². The number of carbonyl (C=O) groups excluding carboxylic acids is 1. The number of primary amides is 1. The number of carbonyl (C=O) groups is 1. The number of nitrogens with zero attached hydrogens (tertiary/aromatic N) is 3. The minimum atomic E-state index is -0.385. The third kappa shape index (κ3) is 4.06. The Morgan fingerprint density at radius 1 is 1.40 bits per heavy atom. The van der Waals surface area contributed by atoms with Gasteiger partial charge in [-0.1, -0.05) is 20.8 Å². The van der Waals surface area contributed by atoms with Gasteiger partial charge in [0.2, 0.25) is 5.91 Å². The third-order valence-electron chi connectivity index (χ3n) is 2.85. The molecule has 0 fully saturated rings. The largest absolute Gasteiger partial charge is 0.368 e. The lowest BCUT2D eigenvalue weighted by atomic mass is 10.2. The highest BCUT2D eigenvalue weighted by Crippen LogP contribution is 2.24. The molecule has 0 saturated heterocycles. The van der Waals surface area contributed by atoms with Crippen LogP contribution in [0.3, 0.4) is 0 Å². The van der Waals surface area contributed by atoms with E-state index in [9.17, 15) is 4.79 Å². The Hall–Kier alpha value is -1.89. The highest BCUT2D eigenvalue weighted by atomic mass is 16.1. The van der Waals surface area contributed by atoms with Crippen LogP contribution in [-0.2, 0) is 11.2 Å². The SMILES string of the molecule is CCc1nc(NN)c(C)c(N(CC(N)=O)CC(C)C)n1. The fraction of sp³-hybridized carbons (Fsp3) is 0.615. The lowest BCUT2D eigenvalue weighted by Crippen LogP contribution is -2.37. The van der Waals surface area contributed by atoms with E-state index in [-0.39, 0.29) is 12.5 Å². The summed E-state index contributed by atoms with van der Waals surface area (Å²) in [4.78, 5) is 22.0. The van der Waals surface area contributed by atoms with Gasteiger partial charge in [0, 0.05) is 18.5 Å². The van der Waals surface area contributed by atoms with E-state index in [2.05, 4.69) is 29.2 Å². The van der Waals surface area contributed by atoms with Crippen LogP contribution in [0.15, 0.2) is 0 Å². The maximum atomic E-state index is 11.3. The number of aryl methyl sites for hydroxylation is 1. The molecule has 1 amide bonds. The Morgan fingerprint density at radius 2 is 2.05 bits per heavy atom. The number of amides is 1. The zero-order valence-corrected chi connectivity index (χ0v) is 12.6. The predicted octanol–water partition coefficient (Wildman–Crippen LogP) is 0.581. The molecule has 112 valence electrons. The number of hydrogen-bond donors (Lipinski definition) is 3. The Balaban J connectivity index is 3.25. The maximum absolute atomic E-state index is 11.3. The molecule has 1 rings (SSSR count). The van der Waals surface area contributed by atoms with Gasteiger partial charge >= 0.3 is 0 Å². The number of hydrogen-bond acceptors (Lipinski definition) is 6. The molecule has 0 aliphatic heterocycles. The van der Waals surface area contributed by atoms with E-state index >= 15 is 0 Å². The van der Waals surface area contributed by atoms with Crippen LogP contribution in [0, 0.1) is 12.8 Å². The Labute approximate surface area is 119 Å². The highest BCUT2D eigenvalue weighted by molar-refractivity contribution is 5.79. The first-order valence-electron chi connectivity index (χ1n) is 6.76. The van der Waals surface area contributed by atoms with Crippen molar-refractivity contribution in [2.24, 2.45) is 17.5 Å². The van der Waals surface area contributed by atoms with Crippen LogP contribution in [0.4, 0.5) is 11.6 Å². The van der Waals surface area contributed by atoms with E-state index < -0.39 is 0 Å². The van der Waals surface area contributed by atoms with Gasteiger partial charge in [-0.25, -0.2) is 15.8 Å². The second-order valence-corrected chi connectivity index (χ2v) is 5.18. The molecule has 0 bridgehead atoms. The lowest BCUT2D eigenvalue weighted by molar-refractivity contribution is -0.116. The molecule has 0 radical (unpaired) electrons. The van der Waals surface area contributed by atoms with Crippen LogP contribution in [-0.4, -0.2) is 29.0 Å². The second kappa shape index (κ2) is 7.04. The molecule has 0 saturated carbocycles. The molecule has 1 aromatic rings. The van der Waals surface area contributed by atoms with Crippen LogP contribution in [0.1, 0.15) is 32.2 Å². The van der Waals surface area contributed by atoms with Crippen LogP contribution < -0.4 is 21.9 Å². The van der Waals surface area contributed by atoms with Gasteiger partial charge < -0.3 is 16.1 Å². The minimum absolute atomic E-state index is 0.128. The van der Waals surface area contributed by atoms with Crippen molar-refractivity contribution in [3.05, 3.63) is 11.4 Å². The molecule has 0 aromatic carbocycles. The van der Waals surface area contributed by atoms with Gasteiger partial charge in [0.05, 0.1) is 6.54 Å². The van der Waals surface area contributed by atoms with E-state index in [1.165, 1.54) is 0 Å². The molecular formula is C13H24N6O. The molecule has 5 N–H and O–H groups in total. The van der Waals surface area contributed by atoms with Gasteiger partial charge in [-0.15, -0.1) is 0 Å². The summed E-state index contributed by atoms with van der Waals surface area (Å²) < 4.78 is 0. The van der Waals surface area contributed by atoms with Crippen molar-refractivity contribution in [1.29, 1.82) is 0 Å². The second-order valence-electron chi connectivity index (χ2n) is 5.18. The summed E-state index contributed by atoms with van der Waals surface area (Å²) in [6, 6.07) is 0. The average Bonchev–Trinajstić information content (AvgIpc) is 2.37. The number of hydrazine groups is 1. The summed E-state index contributed by atoms with van der Waals surface area (Å²) in [7, 11) is 0. The summed E-state index contributed by atoms with van der Waals surface area (Å²) in [6.07, 6.45) is 0.689. The summed E-state index contributed by atoms with van der Waals surface area (Å²) in [5, 5.41) is 0. The zero-order chi connectivity index (χ0) is 15.3. The van der Waals surface area contributed by atoms with E-state index in [0.29, 0.717) is 36.3 Å². The number of nitrogens with two attached hydrogens (primary N) is 2. The highest BCUT2D eigenvalue weighted by Gasteiger charge is 2.18. The molecule has 1 heterocycles. The number of nitrogen functional groups attached to an aromatic ring is 1. The van der Waals surface area contributed by atoms with Crippen LogP contribution in [0.2, 0.25) is 0 Å².